The molecule has 1 aliphatic rings. The van der Waals surface area contributed by atoms with Crippen molar-refractivity contribution in [3.63, 3.8) is 0 Å². The van der Waals surface area contributed by atoms with E-state index in [1.54, 1.807) is 42.5 Å². The van der Waals surface area contributed by atoms with Gasteiger partial charge >= 0.3 is 17.7 Å². The predicted octanol–water partition coefficient (Wildman–Crippen LogP) is 6.79. The molecule has 0 spiro atoms. The molecule has 0 aromatic heterocycles. The van der Waals surface area contributed by atoms with E-state index < -0.39 is 17.7 Å². The summed E-state index contributed by atoms with van der Waals surface area (Å²) in [4.78, 5) is 42.3. The van der Waals surface area contributed by atoms with Crippen LogP contribution in [-0.2, 0) is 9.59 Å². The number of hydrogen-bond acceptors (Lipinski definition) is 6. The Kier molecular flexibility index (Phi) is 9.96. The zero-order valence-corrected chi connectivity index (χ0v) is 26.4. The summed E-state index contributed by atoms with van der Waals surface area (Å²) in [6, 6.07) is 41.0. The number of halogens is 1. The standard InChI is InChI=1S/C39H34FN3O6/c40-39(38(46)47,49-32-18-8-3-9-19-32)37(45)41-31-17-11-21-34(27-31)48-33-20-10-16-30(26-33)36(44)43-24-22-42(23-25-43)35(28-12-4-1-5-13-28)29-14-6-2-7-15-29/h1-21,26-27,35H,22-25H2,(H,41,45)(H,46,47). The van der Waals surface area contributed by atoms with Crippen molar-refractivity contribution in [2.45, 2.75) is 11.9 Å². The Balaban J connectivity index is 1.10. The maximum Gasteiger partial charge on any atom is 0.425 e. The second-order valence-electron chi connectivity index (χ2n) is 11.5. The van der Waals surface area contributed by atoms with Crippen molar-refractivity contribution in [2.24, 2.45) is 0 Å². The first-order chi connectivity index (χ1) is 23.8. The van der Waals surface area contributed by atoms with Gasteiger partial charge in [-0.1, -0.05) is 91.0 Å². The van der Waals surface area contributed by atoms with Crippen molar-refractivity contribution in [1.29, 1.82) is 0 Å². The van der Waals surface area contributed by atoms with E-state index in [1.165, 1.54) is 47.5 Å². The van der Waals surface area contributed by atoms with Gasteiger partial charge in [-0.3, -0.25) is 14.5 Å². The molecular weight excluding hydrogens is 625 g/mol. The Labute approximate surface area is 283 Å². The van der Waals surface area contributed by atoms with Crippen molar-refractivity contribution < 1.29 is 33.4 Å². The number of carboxylic acids is 1. The second kappa shape index (κ2) is 14.8. The van der Waals surface area contributed by atoms with Crippen LogP contribution in [0.3, 0.4) is 0 Å². The van der Waals surface area contributed by atoms with Gasteiger partial charge in [0, 0.05) is 43.5 Å². The average molecular weight is 660 g/mol. The number of hydrogen-bond donors (Lipinski definition) is 2. The van der Waals surface area contributed by atoms with E-state index in [0.717, 1.165) is 0 Å². The monoisotopic (exact) mass is 659 g/mol. The van der Waals surface area contributed by atoms with Crippen LogP contribution in [0.15, 0.2) is 140 Å². The summed E-state index contributed by atoms with van der Waals surface area (Å²) >= 11 is 0. The summed E-state index contributed by atoms with van der Waals surface area (Å²) < 4.78 is 26.2. The lowest BCUT2D eigenvalue weighted by atomic mass is 9.96. The van der Waals surface area contributed by atoms with Crippen LogP contribution in [0.4, 0.5) is 10.1 Å². The van der Waals surface area contributed by atoms with Gasteiger partial charge in [0.1, 0.15) is 17.2 Å². The lowest BCUT2D eigenvalue weighted by Gasteiger charge is -2.39. The fraction of sp³-hybridized carbons (Fsp3) is 0.154. The second-order valence-corrected chi connectivity index (χ2v) is 11.5. The third-order valence-electron chi connectivity index (χ3n) is 8.17. The number of carbonyl (C=O) groups excluding carboxylic acids is 2. The maximum absolute atomic E-state index is 15.3. The maximum atomic E-state index is 15.3. The van der Waals surface area contributed by atoms with Crippen LogP contribution in [0, 0.1) is 0 Å². The summed E-state index contributed by atoms with van der Waals surface area (Å²) in [5, 5.41) is 11.7. The molecule has 0 aliphatic carbocycles. The third kappa shape index (κ3) is 7.77. The topological polar surface area (TPSA) is 108 Å². The highest BCUT2D eigenvalue weighted by Gasteiger charge is 2.50. The van der Waals surface area contributed by atoms with Gasteiger partial charge in [0.25, 0.3) is 5.91 Å². The number of para-hydroxylation sites is 1. The molecule has 10 heteroatoms. The van der Waals surface area contributed by atoms with Crippen molar-refractivity contribution in [1.82, 2.24) is 9.80 Å². The molecule has 0 radical (unpaired) electrons. The zero-order chi connectivity index (χ0) is 34.2. The largest absolute Gasteiger partial charge is 0.476 e. The Hall–Kier alpha value is -6.00. The summed E-state index contributed by atoms with van der Waals surface area (Å²) in [7, 11) is 0. The molecule has 248 valence electrons. The van der Waals surface area contributed by atoms with E-state index in [4.69, 9.17) is 9.47 Å². The Bertz CT molecular complexity index is 1860. The quantitative estimate of drug-likeness (QED) is 0.150. The molecule has 1 fully saturated rings. The number of rotatable bonds is 11. The first-order valence-electron chi connectivity index (χ1n) is 15.8. The van der Waals surface area contributed by atoms with E-state index in [0.29, 0.717) is 37.5 Å². The number of ether oxygens (including phenoxy) is 2. The Morgan fingerprint density at radius 3 is 1.80 bits per heavy atom. The fourth-order valence-corrected chi connectivity index (χ4v) is 5.77. The van der Waals surface area contributed by atoms with Crippen molar-refractivity contribution >= 4 is 23.5 Å². The van der Waals surface area contributed by atoms with Gasteiger partial charge in [0.05, 0.1) is 6.04 Å². The summed E-state index contributed by atoms with van der Waals surface area (Å²) in [5.74, 6) is -6.90. The van der Waals surface area contributed by atoms with Gasteiger partial charge in [0.2, 0.25) is 0 Å². The van der Waals surface area contributed by atoms with E-state index in [1.807, 2.05) is 41.3 Å². The molecule has 1 atom stereocenters. The molecule has 6 rings (SSSR count). The average Bonchev–Trinajstić information content (AvgIpc) is 3.13. The van der Waals surface area contributed by atoms with Gasteiger partial charge in [-0.05, 0) is 53.6 Å². The minimum atomic E-state index is -3.68. The minimum Gasteiger partial charge on any atom is -0.476 e. The Morgan fingerprint density at radius 1 is 0.673 bits per heavy atom. The number of piperazine rings is 1. The van der Waals surface area contributed by atoms with Gasteiger partial charge in [-0.2, -0.15) is 4.39 Å². The fourth-order valence-electron chi connectivity index (χ4n) is 5.77. The third-order valence-corrected chi connectivity index (χ3v) is 8.17. The van der Waals surface area contributed by atoms with Crippen LogP contribution >= 0.6 is 0 Å². The number of carboxylic acid groups (broad SMARTS) is 1. The van der Waals surface area contributed by atoms with Gasteiger partial charge in [0.15, 0.2) is 0 Å². The smallest absolute Gasteiger partial charge is 0.425 e. The zero-order valence-electron chi connectivity index (χ0n) is 26.4. The molecule has 2 amide bonds. The SMILES string of the molecule is O=C(c1cccc(Oc2cccc(NC(=O)C(F)(Oc3ccccc3)C(=O)O)c2)c1)N1CCN(C(c2ccccc2)c2ccccc2)CC1. The molecule has 1 aliphatic heterocycles. The van der Waals surface area contributed by atoms with E-state index in [-0.39, 0.29) is 29.1 Å². The molecular formula is C39H34FN3O6. The molecule has 1 saturated heterocycles. The van der Waals surface area contributed by atoms with Crippen LogP contribution in [0.5, 0.6) is 17.2 Å². The molecule has 49 heavy (non-hydrogen) atoms. The number of carbonyl (C=O) groups is 3. The van der Waals surface area contributed by atoms with Crippen molar-refractivity contribution in [3.8, 4) is 17.2 Å². The van der Waals surface area contributed by atoms with Crippen LogP contribution in [0.2, 0.25) is 0 Å². The van der Waals surface area contributed by atoms with E-state index in [9.17, 15) is 19.5 Å². The van der Waals surface area contributed by atoms with Gasteiger partial charge < -0.3 is 24.8 Å². The molecule has 5 aromatic rings. The highest BCUT2D eigenvalue weighted by Crippen LogP contribution is 2.31. The summed E-state index contributed by atoms with van der Waals surface area (Å²) in [6.07, 6.45) is 0. The number of amides is 2. The highest BCUT2D eigenvalue weighted by molar-refractivity contribution is 6.10. The molecule has 1 unspecified atom stereocenters. The summed E-state index contributed by atoms with van der Waals surface area (Å²) in [6.45, 7) is 2.52. The van der Waals surface area contributed by atoms with Crippen molar-refractivity contribution in [2.75, 3.05) is 31.5 Å². The molecule has 1 heterocycles. The first-order valence-corrected chi connectivity index (χ1v) is 15.8. The number of alkyl halides is 1. The molecule has 9 nitrogen and oxygen atoms in total. The lowest BCUT2D eigenvalue weighted by Crippen LogP contribution is -2.50. The lowest BCUT2D eigenvalue weighted by molar-refractivity contribution is -0.178. The van der Waals surface area contributed by atoms with Gasteiger partial charge in [-0.25, -0.2) is 4.79 Å². The summed E-state index contributed by atoms with van der Waals surface area (Å²) in [5.41, 5.74) is 2.94. The van der Waals surface area contributed by atoms with Crippen LogP contribution in [0.1, 0.15) is 27.5 Å². The first kappa shape index (κ1) is 32.9. The molecule has 0 bridgehead atoms. The Morgan fingerprint density at radius 2 is 1.20 bits per heavy atom. The van der Waals surface area contributed by atoms with Crippen LogP contribution < -0.4 is 14.8 Å². The van der Waals surface area contributed by atoms with Gasteiger partial charge in [-0.15, -0.1) is 0 Å². The number of anilines is 1. The van der Waals surface area contributed by atoms with Crippen molar-refractivity contribution in [3.05, 3.63) is 156 Å². The number of benzene rings is 5. The van der Waals surface area contributed by atoms with Crippen LogP contribution in [-0.4, -0.2) is 64.7 Å². The predicted molar refractivity (Wildman–Crippen MR) is 182 cm³/mol. The van der Waals surface area contributed by atoms with E-state index in [2.05, 4.69) is 34.5 Å². The van der Waals surface area contributed by atoms with Crippen LogP contribution in [0.25, 0.3) is 0 Å². The normalized spacial score (nSPS) is 14.4. The van der Waals surface area contributed by atoms with E-state index >= 15 is 4.39 Å². The minimum absolute atomic E-state index is 0.0804. The molecule has 5 aromatic carbocycles. The number of nitrogens with zero attached hydrogens (tertiary/aromatic N) is 2. The molecule has 0 saturated carbocycles. The highest BCUT2D eigenvalue weighted by atomic mass is 19.2. The molecule has 2 N–H and O–H groups in total. The number of nitrogens with one attached hydrogen (secondary N) is 1. The number of aliphatic carboxylic acids is 1.